The molecule has 9 atom stereocenters. The zero-order chi connectivity index (χ0) is 25.8. The van der Waals surface area contributed by atoms with Gasteiger partial charge >= 0.3 is 12.1 Å². The van der Waals surface area contributed by atoms with E-state index in [4.69, 9.17) is 10.5 Å². The van der Waals surface area contributed by atoms with Gasteiger partial charge in [0.15, 0.2) is 0 Å². The van der Waals surface area contributed by atoms with Gasteiger partial charge in [-0.1, -0.05) is 64.3 Å². The summed E-state index contributed by atoms with van der Waals surface area (Å²) in [5, 5.41) is 2.06. The van der Waals surface area contributed by atoms with Crippen LogP contribution in [0.2, 0.25) is 0 Å². The molecule has 0 bridgehead atoms. The number of ether oxygens (including phenoxy) is 1. The van der Waals surface area contributed by atoms with Crippen LogP contribution in [0.25, 0.3) is 0 Å². The summed E-state index contributed by atoms with van der Waals surface area (Å²) in [6.45, 7) is 12.1. The number of alkyl carbamates (subject to hydrolysis) is 1. The number of primary amides is 1. The number of carbonyl (C=O) groups is 2. The third-order valence-corrected chi connectivity index (χ3v) is 11.6. The normalized spacial score (nSPS) is 40.7. The van der Waals surface area contributed by atoms with Crippen molar-refractivity contribution in [3.63, 3.8) is 0 Å². The first-order valence-corrected chi connectivity index (χ1v) is 14.7. The van der Waals surface area contributed by atoms with Crippen molar-refractivity contribution < 1.29 is 14.3 Å². The third kappa shape index (κ3) is 4.22. The molecule has 5 aliphatic carbocycles. The minimum absolute atomic E-state index is 0.133. The molecule has 200 valence electrons. The first kappa shape index (κ1) is 25.9. The molecule has 0 heterocycles. The Bertz CT molecular complexity index is 953. The van der Waals surface area contributed by atoms with Crippen molar-refractivity contribution in [3.8, 4) is 0 Å². The number of hydrogen-bond donors (Lipinski definition) is 2. The van der Waals surface area contributed by atoms with Crippen molar-refractivity contribution >= 4 is 12.1 Å². The van der Waals surface area contributed by atoms with Crippen molar-refractivity contribution in [3.05, 3.63) is 23.3 Å². The number of rotatable bonds is 6. The van der Waals surface area contributed by atoms with E-state index in [0.29, 0.717) is 28.6 Å². The third-order valence-electron chi connectivity index (χ3n) is 11.6. The molecule has 3 amide bonds. The van der Waals surface area contributed by atoms with Crippen LogP contribution >= 0.6 is 0 Å². The summed E-state index contributed by atoms with van der Waals surface area (Å²) in [5.41, 5.74) is 9.33. The fourth-order valence-electron chi connectivity index (χ4n) is 9.73. The van der Waals surface area contributed by atoms with Crippen LogP contribution in [-0.2, 0) is 4.74 Å². The Morgan fingerprint density at radius 2 is 1.92 bits per heavy atom. The largest absolute Gasteiger partial charge is 0.446 e. The summed E-state index contributed by atoms with van der Waals surface area (Å²) in [4.78, 5) is 23.0. The molecular formula is C31H48N2O3. The Labute approximate surface area is 218 Å². The van der Waals surface area contributed by atoms with Crippen LogP contribution in [-0.4, -0.2) is 18.2 Å². The molecule has 0 aromatic heterocycles. The Kier molecular flexibility index (Phi) is 6.83. The molecule has 9 unspecified atom stereocenters. The molecule has 5 nitrogen and oxygen atoms in total. The Morgan fingerprint density at radius 3 is 2.64 bits per heavy atom. The second-order valence-corrected chi connectivity index (χ2v) is 13.6. The molecule has 0 aromatic rings. The predicted octanol–water partition coefficient (Wildman–Crippen LogP) is 7.37. The van der Waals surface area contributed by atoms with Gasteiger partial charge in [0.1, 0.15) is 6.10 Å². The predicted molar refractivity (Wildman–Crippen MR) is 143 cm³/mol. The quantitative estimate of drug-likeness (QED) is 0.377. The van der Waals surface area contributed by atoms with Gasteiger partial charge in [-0.2, -0.15) is 0 Å². The lowest BCUT2D eigenvalue weighted by Crippen LogP contribution is -2.42. The van der Waals surface area contributed by atoms with Crippen molar-refractivity contribution in [2.24, 2.45) is 58.0 Å². The van der Waals surface area contributed by atoms with E-state index in [1.165, 1.54) is 44.9 Å². The average molecular weight is 497 g/mol. The van der Waals surface area contributed by atoms with Gasteiger partial charge in [0.05, 0.1) is 0 Å². The number of allylic oxidation sites excluding steroid dienone is 3. The molecule has 1 spiro atoms. The second-order valence-electron chi connectivity index (χ2n) is 13.6. The fourth-order valence-corrected chi connectivity index (χ4v) is 9.73. The van der Waals surface area contributed by atoms with E-state index in [2.05, 4.69) is 52.1 Å². The Morgan fingerprint density at radius 1 is 1.14 bits per heavy atom. The smallest absolute Gasteiger partial charge is 0.415 e. The van der Waals surface area contributed by atoms with Crippen molar-refractivity contribution in [2.75, 3.05) is 0 Å². The second kappa shape index (κ2) is 9.51. The topological polar surface area (TPSA) is 81.4 Å². The maximum Gasteiger partial charge on any atom is 0.415 e. The molecule has 0 aromatic carbocycles. The monoisotopic (exact) mass is 496 g/mol. The van der Waals surface area contributed by atoms with E-state index in [1.807, 2.05) is 0 Å². The van der Waals surface area contributed by atoms with Crippen LogP contribution in [0, 0.1) is 52.3 Å². The standard InChI is InChI=1S/C31H48N2O3/c1-18(2)19(3)8-6-9-20(4)24-12-13-26-30(24,5)14-7-15-31(26)25-16-21-10-11-22(17-23(21)27(25)31)36-29(35)33-28(32)34/h6,8,18-20,22,24-27H,7,9-17H2,1-5H3,(H3,32,33,34,35)/b8-6+. The number of nitrogens with two attached hydrogens (primary N) is 1. The van der Waals surface area contributed by atoms with E-state index < -0.39 is 12.1 Å². The number of urea groups is 1. The van der Waals surface area contributed by atoms with Gasteiger partial charge in [0.25, 0.3) is 0 Å². The van der Waals surface area contributed by atoms with Crippen molar-refractivity contribution in [1.29, 1.82) is 0 Å². The minimum atomic E-state index is -0.853. The number of carbonyl (C=O) groups excluding carboxylic acids is 2. The fraction of sp³-hybridized carbons (Fsp3) is 0.806. The molecule has 5 heteroatoms. The van der Waals surface area contributed by atoms with Crippen LogP contribution in [0.1, 0.15) is 98.8 Å². The molecule has 0 radical (unpaired) electrons. The maximum atomic E-state index is 12.0. The Balaban J connectivity index is 1.26. The highest BCUT2D eigenvalue weighted by Crippen LogP contribution is 2.82. The lowest BCUT2D eigenvalue weighted by atomic mass is 9.56. The molecule has 3 N–H and O–H groups in total. The molecule has 5 rings (SSSR count). The minimum Gasteiger partial charge on any atom is -0.446 e. The van der Waals surface area contributed by atoms with E-state index in [1.54, 1.807) is 11.1 Å². The van der Waals surface area contributed by atoms with Crippen molar-refractivity contribution in [2.45, 2.75) is 105 Å². The molecule has 0 aliphatic heterocycles. The van der Waals surface area contributed by atoms with Gasteiger partial charge in [0, 0.05) is 6.42 Å². The summed E-state index contributed by atoms with van der Waals surface area (Å²) in [5.74, 6) is 5.31. The van der Waals surface area contributed by atoms with E-state index >= 15 is 0 Å². The van der Waals surface area contributed by atoms with Gasteiger partial charge in [-0.25, -0.2) is 14.9 Å². The zero-order valence-electron chi connectivity index (χ0n) is 23.1. The number of nitrogens with one attached hydrogen (secondary N) is 1. The molecule has 3 saturated carbocycles. The molecular weight excluding hydrogens is 448 g/mol. The maximum absolute atomic E-state index is 12.0. The van der Waals surface area contributed by atoms with Gasteiger partial charge in [-0.15, -0.1) is 0 Å². The number of imide groups is 1. The first-order chi connectivity index (χ1) is 17.1. The van der Waals surface area contributed by atoms with Crippen LogP contribution in [0.15, 0.2) is 23.3 Å². The molecule has 3 fully saturated rings. The highest BCUT2D eigenvalue weighted by molar-refractivity contribution is 5.89. The summed E-state index contributed by atoms with van der Waals surface area (Å²) in [7, 11) is 0. The highest BCUT2D eigenvalue weighted by Gasteiger charge is 2.75. The zero-order valence-corrected chi connectivity index (χ0v) is 23.1. The van der Waals surface area contributed by atoms with Crippen LogP contribution < -0.4 is 11.1 Å². The van der Waals surface area contributed by atoms with Crippen LogP contribution in [0.5, 0.6) is 0 Å². The van der Waals surface area contributed by atoms with Crippen LogP contribution in [0.3, 0.4) is 0 Å². The number of fused-ring (bicyclic) bond motifs is 6. The molecule has 5 aliphatic rings. The summed E-state index contributed by atoms with van der Waals surface area (Å²) in [6.07, 6.45) is 16.3. The molecule has 0 saturated heterocycles. The summed E-state index contributed by atoms with van der Waals surface area (Å²) >= 11 is 0. The average Bonchev–Trinajstić information content (AvgIpc) is 3.07. The lowest BCUT2D eigenvalue weighted by Gasteiger charge is -2.49. The van der Waals surface area contributed by atoms with Gasteiger partial charge in [-0.3, -0.25) is 0 Å². The van der Waals surface area contributed by atoms with E-state index in [0.717, 1.165) is 42.9 Å². The highest BCUT2D eigenvalue weighted by atomic mass is 16.6. The van der Waals surface area contributed by atoms with Gasteiger partial charge in [-0.05, 0) is 104 Å². The summed E-state index contributed by atoms with van der Waals surface area (Å²) in [6, 6.07) is -0.853. The first-order valence-electron chi connectivity index (χ1n) is 14.7. The summed E-state index contributed by atoms with van der Waals surface area (Å²) < 4.78 is 5.59. The number of hydrogen-bond acceptors (Lipinski definition) is 3. The van der Waals surface area contributed by atoms with Gasteiger partial charge in [0.2, 0.25) is 0 Å². The SMILES string of the molecule is CC(C)C(C)/C=C/CC(C)C1CCC2C1(C)CCCC21C2CC3=C(CC(OC(=O)NC(N)=O)CC3)C21. The van der Waals surface area contributed by atoms with Gasteiger partial charge < -0.3 is 10.5 Å². The Hall–Kier alpha value is -1.78. The van der Waals surface area contributed by atoms with E-state index in [9.17, 15) is 9.59 Å². The lowest BCUT2D eigenvalue weighted by molar-refractivity contribution is 0.00582. The number of amides is 3. The van der Waals surface area contributed by atoms with E-state index in [-0.39, 0.29) is 6.10 Å². The van der Waals surface area contributed by atoms with Crippen molar-refractivity contribution in [1.82, 2.24) is 5.32 Å². The molecule has 36 heavy (non-hydrogen) atoms. The van der Waals surface area contributed by atoms with Crippen LogP contribution in [0.4, 0.5) is 9.59 Å².